The van der Waals surface area contributed by atoms with Crippen molar-refractivity contribution in [2.75, 3.05) is 0 Å². The Morgan fingerprint density at radius 1 is 1.53 bits per heavy atom. The van der Waals surface area contributed by atoms with Gasteiger partial charge in [-0.3, -0.25) is 0 Å². The molecule has 0 spiro atoms. The largest absolute Gasteiger partial charge is 0.416 e. The van der Waals surface area contributed by atoms with Crippen LogP contribution >= 0.6 is 11.3 Å². The first kappa shape index (κ1) is 13.3. The van der Waals surface area contributed by atoms with Gasteiger partial charge in [-0.1, -0.05) is 0 Å². The van der Waals surface area contributed by atoms with Crippen LogP contribution < -0.4 is 4.74 Å². The van der Waals surface area contributed by atoms with Crippen molar-refractivity contribution < 1.29 is 18.6 Å². The van der Waals surface area contributed by atoms with Crippen LogP contribution in [0.2, 0.25) is 0 Å². The molecule has 2 aromatic heterocycles. The third kappa shape index (κ3) is 2.83. The summed E-state index contributed by atoms with van der Waals surface area (Å²) in [6.07, 6.45) is 1.31. The normalized spacial score (nSPS) is 10.5. The number of pyridine rings is 1. The van der Waals surface area contributed by atoms with Crippen LogP contribution in [-0.2, 0) is 6.61 Å². The van der Waals surface area contributed by atoms with Gasteiger partial charge in [-0.05, 0) is 12.1 Å². The van der Waals surface area contributed by atoms with Crippen LogP contribution in [0.1, 0.15) is 10.6 Å². The molecule has 5 nitrogen and oxygen atoms in total. The molecule has 0 aromatic carbocycles. The summed E-state index contributed by atoms with van der Waals surface area (Å²) in [5.74, 6) is -0.264. The molecular formula is C11H7F2N3O2S. The molecule has 1 N–H and O–H groups in total. The van der Waals surface area contributed by atoms with E-state index < -0.39 is 6.61 Å². The quantitative estimate of drug-likeness (QED) is 0.930. The van der Waals surface area contributed by atoms with Crippen molar-refractivity contribution in [1.82, 2.24) is 9.97 Å². The molecule has 0 aliphatic rings. The Kier molecular flexibility index (Phi) is 3.99. The van der Waals surface area contributed by atoms with E-state index in [2.05, 4.69) is 14.7 Å². The lowest BCUT2D eigenvalue weighted by Gasteiger charge is -2.06. The molecule has 19 heavy (non-hydrogen) atoms. The Morgan fingerprint density at radius 2 is 2.32 bits per heavy atom. The molecule has 0 aliphatic carbocycles. The second kappa shape index (κ2) is 5.69. The SMILES string of the molecule is N#Cc1nc(-c2cccnc2OC(F)F)sc1CO. The molecule has 0 fully saturated rings. The summed E-state index contributed by atoms with van der Waals surface area (Å²) in [5.41, 5.74) is 0.318. The molecule has 0 amide bonds. The molecule has 0 radical (unpaired) electrons. The van der Waals surface area contributed by atoms with Crippen LogP contribution in [0.3, 0.4) is 0 Å². The fourth-order valence-electron chi connectivity index (χ4n) is 1.39. The lowest BCUT2D eigenvalue weighted by atomic mass is 10.3. The van der Waals surface area contributed by atoms with Crippen LogP contribution in [0.5, 0.6) is 5.88 Å². The zero-order valence-corrected chi connectivity index (χ0v) is 10.2. The van der Waals surface area contributed by atoms with E-state index in [9.17, 15) is 8.78 Å². The van der Waals surface area contributed by atoms with Gasteiger partial charge in [0.1, 0.15) is 11.1 Å². The number of ether oxygens (including phenoxy) is 1. The Morgan fingerprint density at radius 3 is 2.89 bits per heavy atom. The van der Waals surface area contributed by atoms with Gasteiger partial charge in [0.05, 0.1) is 17.0 Å². The molecule has 0 saturated carbocycles. The number of aliphatic hydroxyl groups excluding tert-OH is 1. The van der Waals surface area contributed by atoms with Crippen molar-refractivity contribution in [3.05, 3.63) is 28.9 Å². The maximum atomic E-state index is 12.3. The topological polar surface area (TPSA) is 79.0 Å². The summed E-state index contributed by atoms with van der Waals surface area (Å²) in [6.45, 7) is -3.34. The first-order chi connectivity index (χ1) is 9.15. The first-order valence-electron chi connectivity index (χ1n) is 5.06. The van der Waals surface area contributed by atoms with E-state index in [-0.39, 0.29) is 23.7 Å². The highest BCUT2D eigenvalue weighted by Gasteiger charge is 2.17. The summed E-state index contributed by atoms with van der Waals surface area (Å²) >= 11 is 1.03. The monoisotopic (exact) mass is 283 g/mol. The Hall–Kier alpha value is -2.11. The number of hydrogen-bond acceptors (Lipinski definition) is 6. The fraction of sp³-hybridized carbons (Fsp3) is 0.182. The zero-order chi connectivity index (χ0) is 13.8. The van der Waals surface area contributed by atoms with E-state index >= 15 is 0 Å². The number of rotatable bonds is 4. The van der Waals surface area contributed by atoms with E-state index in [1.54, 1.807) is 6.07 Å². The Balaban J connectivity index is 2.47. The minimum absolute atomic E-state index is 0.0642. The molecule has 0 saturated heterocycles. The first-order valence-corrected chi connectivity index (χ1v) is 5.88. The number of aliphatic hydroxyl groups is 1. The van der Waals surface area contributed by atoms with Crippen molar-refractivity contribution in [2.45, 2.75) is 13.2 Å². The maximum absolute atomic E-state index is 12.3. The van der Waals surface area contributed by atoms with Crippen molar-refractivity contribution in [2.24, 2.45) is 0 Å². The van der Waals surface area contributed by atoms with Crippen LogP contribution in [0.15, 0.2) is 18.3 Å². The highest BCUT2D eigenvalue weighted by atomic mass is 32.1. The number of halogens is 2. The molecule has 0 unspecified atom stereocenters. The molecule has 0 aliphatic heterocycles. The second-order valence-corrected chi connectivity index (χ2v) is 4.38. The number of thiazole rings is 1. The van der Waals surface area contributed by atoms with Crippen LogP contribution in [-0.4, -0.2) is 21.7 Å². The summed E-state index contributed by atoms with van der Waals surface area (Å²) in [4.78, 5) is 8.04. The second-order valence-electron chi connectivity index (χ2n) is 3.30. The molecule has 2 heterocycles. The van der Waals surface area contributed by atoms with Gasteiger partial charge < -0.3 is 9.84 Å². The van der Waals surface area contributed by atoms with Gasteiger partial charge in [0.25, 0.3) is 0 Å². The van der Waals surface area contributed by atoms with E-state index in [1.807, 2.05) is 6.07 Å². The number of hydrogen-bond donors (Lipinski definition) is 1. The minimum atomic E-state index is -3.00. The van der Waals surface area contributed by atoms with E-state index in [0.717, 1.165) is 11.3 Å². The maximum Gasteiger partial charge on any atom is 0.388 e. The zero-order valence-electron chi connectivity index (χ0n) is 9.38. The summed E-state index contributed by atoms with van der Waals surface area (Å²) < 4.78 is 28.8. The fourth-order valence-corrected chi connectivity index (χ4v) is 2.28. The Bertz CT molecular complexity index is 625. The average molecular weight is 283 g/mol. The van der Waals surface area contributed by atoms with E-state index in [0.29, 0.717) is 9.88 Å². The van der Waals surface area contributed by atoms with Crippen LogP contribution in [0.25, 0.3) is 10.6 Å². The smallest absolute Gasteiger partial charge is 0.388 e. The molecule has 0 atom stereocenters. The van der Waals surface area contributed by atoms with Crippen molar-refractivity contribution >= 4 is 11.3 Å². The van der Waals surface area contributed by atoms with Gasteiger partial charge in [0, 0.05) is 6.20 Å². The van der Waals surface area contributed by atoms with Crippen molar-refractivity contribution in [1.29, 1.82) is 5.26 Å². The number of aromatic nitrogens is 2. The van der Waals surface area contributed by atoms with E-state index in [4.69, 9.17) is 10.4 Å². The highest BCUT2D eigenvalue weighted by molar-refractivity contribution is 7.15. The Labute approximate surface area is 110 Å². The predicted molar refractivity (Wildman–Crippen MR) is 62.6 cm³/mol. The van der Waals surface area contributed by atoms with Gasteiger partial charge in [0.2, 0.25) is 5.88 Å². The molecule has 2 rings (SSSR count). The van der Waals surface area contributed by atoms with Gasteiger partial charge in [-0.25, -0.2) is 9.97 Å². The van der Waals surface area contributed by atoms with Crippen molar-refractivity contribution in [3.8, 4) is 22.5 Å². The van der Waals surface area contributed by atoms with Gasteiger partial charge in [-0.15, -0.1) is 11.3 Å². The molecule has 8 heteroatoms. The van der Waals surface area contributed by atoms with Crippen molar-refractivity contribution in [3.63, 3.8) is 0 Å². The standard InChI is InChI=1S/C11H7F2N3O2S/c12-11(13)18-9-6(2-1-3-15-9)10-16-7(4-14)8(5-17)19-10/h1-3,11,17H,5H2. The van der Waals surface area contributed by atoms with Gasteiger partial charge >= 0.3 is 6.61 Å². The molecule has 0 bridgehead atoms. The van der Waals surface area contributed by atoms with E-state index in [1.165, 1.54) is 12.3 Å². The molecule has 98 valence electrons. The predicted octanol–water partition coefficient (Wildman–Crippen LogP) is 2.17. The average Bonchev–Trinajstić information content (AvgIpc) is 2.81. The summed E-state index contributed by atoms with van der Waals surface area (Å²) in [6, 6.07) is 4.87. The lowest BCUT2D eigenvalue weighted by Crippen LogP contribution is -2.04. The van der Waals surface area contributed by atoms with Crippen LogP contribution in [0.4, 0.5) is 8.78 Å². The number of alkyl halides is 2. The van der Waals surface area contributed by atoms with Gasteiger partial charge in [0.15, 0.2) is 5.69 Å². The lowest BCUT2D eigenvalue weighted by molar-refractivity contribution is -0.0524. The van der Waals surface area contributed by atoms with Crippen LogP contribution in [0, 0.1) is 11.3 Å². The summed E-state index contributed by atoms with van der Waals surface area (Å²) in [5, 5.41) is 18.2. The third-order valence-corrected chi connectivity index (χ3v) is 3.22. The molecular weight excluding hydrogens is 276 g/mol. The number of nitriles is 1. The molecule has 2 aromatic rings. The summed E-state index contributed by atoms with van der Waals surface area (Å²) in [7, 11) is 0. The highest BCUT2D eigenvalue weighted by Crippen LogP contribution is 2.33. The third-order valence-electron chi connectivity index (χ3n) is 2.15. The minimum Gasteiger partial charge on any atom is -0.416 e. The van der Waals surface area contributed by atoms with Gasteiger partial charge in [-0.2, -0.15) is 14.0 Å². The number of nitrogens with zero attached hydrogens (tertiary/aromatic N) is 3.